The summed E-state index contributed by atoms with van der Waals surface area (Å²) in [5, 5.41) is 0. The van der Waals surface area contributed by atoms with Crippen LogP contribution >= 0.6 is 12.2 Å². The van der Waals surface area contributed by atoms with Gasteiger partial charge in [0.25, 0.3) is 0 Å². The van der Waals surface area contributed by atoms with E-state index in [9.17, 15) is 0 Å². The Hall–Kier alpha value is -0.930. The Morgan fingerprint density at radius 2 is 2.05 bits per heavy atom. The first-order valence-corrected chi connectivity index (χ1v) is 8.09. The second kappa shape index (κ2) is 7.19. The summed E-state index contributed by atoms with van der Waals surface area (Å²) in [6, 6.07) is 8.27. The second-order valence-electron chi connectivity index (χ2n) is 6.23. The van der Waals surface area contributed by atoms with Crippen molar-refractivity contribution in [1.82, 2.24) is 4.90 Å². The van der Waals surface area contributed by atoms with Gasteiger partial charge >= 0.3 is 0 Å². The summed E-state index contributed by atoms with van der Waals surface area (Å²) in [4.78, 5) is 3.06. The minimum atomic E-state index is 0.510. The van der Waals surface area contributed by atoms with Gasteiger partial charge in [-0.25, -0.2) is 0 Å². The van der Waals surface area contributed by atoms with Gasteiger partial charge in [-0.3, -0.25) is 4.90 Å². The number of rotatable bonds is 4. The van der Waals surface area contributed by atoms with E-state index in [0.29, 0.717) is 4.99 Å². The molecule has 0 saturated carbocycles. The molecule has 110 valence electrons. The zero-order valence-corrected chi connectivity index (χ0v) is 13.5. The van der Waals surface area contributed by atoms with Crippen LogP contribution in [0.3, 0.4) is 0 Å². The van der Waals surface area contributed by atoms with Crippen LogP contribution in [0.1, 0.15) is 44.2 Å². The first kappa shape index (κ1) is 15.5. The summed E-state index contributed by atoms with van der Waals surface area (Å²) in [5.74, 6) is 1.68. The molecule has 1 heterocycles. The van der Waals surface area contributed by atoms with Crippen LogP contribution in [0, 0.1) is 11.8 Å². The number of likely N-dealkylation sites (tertiary alicyclic amines) is 1. The highest BCUT2D eigenvalue weighted by molar-refractivity contribution is 7.80. The number of hydrogen-bond acceptors (Lipinski definition) is 2. The SMILES string of the molecule is CC(C)C1CCCN(Cc2ccccc2C(N)=S)CC1. The average Bonchev–Trinajstić information content (AvgIpc) is 2.65. The molecule has 0 bridgehead atoms. The van der Waals surface area contributed by atoms with Crippen LogP contribution in [-0.4, -0.2) is 23.0 Å². The summed E-state index contributed by atoms with van der Waals surface area (Å²) in [6.07, 6.45) is 3.98. The van der Waals surface area contributed by atoms with Gasteiger partial charge in [-0.05, 0) is 49.8 Å². The summed E-state index contributed by atoms with van der Waals surface area (Å²) in [7, 11) is 0. The van der Waals surface area contributed by atoms with E-state index in [4.69, 9.17) is 18.0 Å². The van der Waals surface area contributed by atoms with Gasteiger partial charge in [-0.15, -0.1) is 0 Å². The molecule has 0 aliphatic carbocycles. The van der Waals surface area contributed by atoms with Crippen molar-refractivity contribution in [1.29, 1.82) is 0 Å². The molecular formula is C17H26N2S. The van der Waals surface area contributed by atoms with Gasteiger partial charge in [0.1, 0.15) is 4.99 Å². The van der Waals surface area contributed by atoms with Crippen LogP contribution in [0.4, 0.5) is 0 Å². The minimum absolute atomic E-state index is 0.510. The maximum atomic E-state index is 5.83. The Kier molecular flexibility index (Phi) is 5.55. The largest absolute Gasteiger partial charge is 0.389 e. The molecule has 2 N–H and O–H groups in total. The lowest BCUT2D eigenvalue weighted by atomic mass is 9.89. The van der Waals surface area contributed by atoms with E-state index in [1.807, 2.05) is 12.1 Å². The highest BCUT2D eigenvalue weighted by atomic mass is 32.1. The third kappa shape index (κ3) is 4.03. The fourth-order valence-electron chi connectivity index (χ4n) is 3.15. The van der Waals surface area contributed by atoms with Crippen LogP contribution in [0.5, 0.6) is 0 Å². The molecule has 3 heteroatoms. The molecule has 20 heavy (non-hydrogen) atoms. The number of nitrogens with zero attached hydrogens (tertiary/aromatic N) is 1. The van der Waals surface area contributed by atoms with Gasteiger partial charge in [0.15, 0.2) is 0 Å². The van der Waals surface area contributed by atoms with Crippen molar-refractivity contribution in [2.24, 2.45) is 17.6 Å². The van der Waals surface area contributed by atoms with Crippen LogP contribution in [0.25, 0.3) is 0 Å². The molecule has 1 aliphatic rings. The molecule has 0 spiro atoms. The highest BCUT2D eigenvalue weighted by Gasteiger charge is 2.20. The van der Waals surface area contributed by atoms with E-state index in [2.05, 4.69) is 30.9 Å². The molecule has 2 rings (SSSR count). The summed E-state index contributed by atoms with van der Waals surface area (Å²) in [6.45, 7) is 8.05. The van der Waals surface area contributed by atoms with E-state index < -0.39 is 0 Å². The van der Waals surface area contributed by atoms with E-state index >= 15 is 0 Å². The molecule has 1 aromatic carbocycles. The monoisotopic (exact) mass is 290 g/mol. The molecule has 2 nitrogen and oxygen atoms in total. The molecule has 0 radical (unpaired) electrons. The molecule has 1 fully saturated rings. The number of nitrogens with two attached hydrogens (primary N) is 1. The van der Waals surface area contributed by atoms with Gasteiger partial charge < -0.3 is 5.73 Å². The first-order chi connectivity index (χ1) is 9.58. The Balaban J connectivity index is 2.02. The third-order valence-corrected chi connectivity index (χ3v) is 4.70. The lowest BCUT2D eigenvalue weighted by molar-refractivity contribution is 0.264. The molecule has 1 saturated heterocycles. The molecule has 1 aromatic rings. The maximum Gasteiger partial charge on any atom is 0.104 e. The molecule has 0 amide bonds. The number of benzene rings is 1. The molecular weight excluding hydrogens is 264 g/mol. The fourth-order valence-corrected chi connectivity index (χ4v) is 3.35. The Morgan fingerprint density at radius 3 is 2.75 bits per heavy atom. The molecule has 1 aliphatic heterocycles. The standard InChI is InChI=1S/C17H26N2S/c1-13(2)14-7-5-10-19(11-9-14)12-15-6-3-4-8-16(15)17(18)20/h3-4,6,8,13-14H,5,7,9-12H2,1-2H3,(H2,18,20). The van der Waals surface area contributed by atoms with Crippen molar-refractivity contribution in [2.45, 2.75) is 39.7 Å². The Bertz CT molecular complexity index is 456. The van der Waals surface area contributed by atoms with Gasteiger partial charge in [0, 0.05) is 12.1 Å². The van der Waals surface area contributed by atoms with Crippen LogP contribution in [0.2, 0.25) is 0 Å². The van der Waals surface area contributed by atoms with Crippen molar-refractivity contribution >= 4 is 17.2 Å². The van der Waals surface area contributed by atoms with Crippen LogP contribution in [0.15, 0.2) is 24.3 Å². The second-order valence-corrected chi connectivity index (χ2v) is 6.67. The topological polar surface area (TPSA) is 29.3 Å². The van der Waals surface area contributed by atoms with Crippen LogP contribution in [-0.2, 0) is 6.54 Å². The Morgan fingerprint density at radius 1 is 1.30 bits per heavy atom. The van der Waals surface area contributed by atoms with E-state index in [1.165, 1.54) is 37.9 Å². The summed E-state index contributed by atoms with van der Waals surface area (Å²) >= 11 is 5.16. The zero-order valence-electron chi connectivity index (χ0n) is 12.6. The summed E-state index contributed by atoms with van der Waals surface area (Å²) in [5.41, 5.74) is 8.13. The smallest absolute Gasteiger partial charge is 0.104 e. The lowest BCUT2D eigenvalue weighted by Crippen LogP contribution is -2.26. The quantitative estimate of drug-likeness (QED) is 0.860. The van der Waals surface area contributed by atoms with Gasteiger partial charge in [0.05, 0.1) is 0 Å². The van der Waals surface area contributed by atoms with Crippen molar-refractivity contribution in [3.8, 4) is 0 Å². The normalized spacial score (nSPS) is 20.9. The first-order valence-electron chi connectivity index (χ1n) is 7.68. The minimum Gasteiger partial charge on any atom is -0.389 e. The van der Waals surface area contributed by atoms with Crippen LogP contribution < -0.4 is 5.73 Å². The molecule has 1 atom stereocenters. The number of hydrogen-bond donors (Lipinski definition) is 1. The predicted molar refractivity (Wildman–Crippen MR) is 89.8 cm³/mol. The van der Waals surface area contributed by atoms with Gasteiger partial charge in [-0.2, -0.15) is 0 Å². The van der Waals surface area contributed by atoms with Crippen molar-refractivity contribution in [3.05, 3.63) is 35.4 Å². The van der Waals surface area contributed by atoms with Crippen molar-refractivity contribution < 1.29 is 0 Å². The van der Waals surface area contributed by atoms with Gasteiger partial charge in [0.2, 0.25) is 0 Å². The van der Waals surface area contributed by atoms with Gasteiger partial charge in [-0.1, -0.05) is 50.3 Å². The molecule has 0 aromatic heterocycles. The van der Waals surface area contributed by atoms with E-state index in [-0.39, 0.29) is 0 Å². The van der Waals surface area contributed by atoms with Crippen molar-refractivity contribution in [2.75, 3.05) is 13.1 Å². The summed E-state index contributed by atoms with van der Waals surface area (Å²) < 4.78 is 0. The van der Waals surface area contributed by atoms with E-state index in [0.717, 1.165) is 23.9 Å². The Labute approximate surface area is 128 Å². The zero-order chi connectivity index (χ0) is 14.5. The predicted octanol–water partition coefficient (Wildman–Crippen LogP) is 3.58. The molecule has 1 unspecified atom stereocenters. The maximum absolute atomic E-state index is 5.83. The third-order valence-electron chi connectivity index (χ3n) is 4.48. The fraction of sp³-hybridized carbons (Fsp3) is 0.588. The lowest BCUT2D eigenvalue weighted by Gasteiger charge is -2.22. The van der Waals surface area contributed by atoms with Crippen molar-refractivity contribution in [3.63, 3.8) is 0 Å². The number of thiocarbonyl (C=S) groups is 1. The highest BCUT2D eigenvalue weighted by Crippen LogP contribution is 2.25. The average molecular weight is 290 g/mol. The van der Waals surface area contributed by atoms with E-state index in [1.54, 1.807) is 0 Å².